The standard InChI is InChI=1S/C15H21NO2/c1-6-9-18-14-10-13(17-5)8-7-12(14)11-16-15(2,3)4/h1,7-8,10,16H,9,11H2,2-5H3. The van der Waals surface area contributed by atoms with E-state index in [1.54, 1.807) is 7.11 Å². The van der Waals surface area contributed by atoms with Gasteiger partial charge in [-0.2, -0.15) is 0 Å². The molecule has 1 aromatic carbocycles. The van der Waals surface area contributed by atoms with Gasteiger partial charge in [-0.15, -0.1) is 6.42 Å². The maximum Gasteiger partial charge on any atom is 0.148 e. The van der Waals surface area contributed by atoms with E-state index in [2.05, 4.69) is 32.0 Å². The van der Waals surface area contributed by atoms with Gasteiger partial charge in [0.2, 0.25) is 0 Å². The number of benzene rings is 1. The Kier molecular flexibility index (Phi) is 5.06. The Morgan fingerprint density at radius 2 is 2.06 bits per heavy atom. The Bertz CT molecular complexity index is 427. The summed E-state index contributed by atoms with van der Waals surface area (Å²) >= 11 is 0. The van der Waals surface area contributed by atoms with E-state index >= 15 is 0 Å². The Balaban J connectivity index is 2.85. The normalized spacial score (nSPS) is 10.8. The van der Waals surface area contributed by atoms with Gasteiger partial charge in [0, 0.05) is 23.7 Å². The van der Waals surface area contributed by atoms with Crippen molar-refractivity contribution in [3.8, 4) is 23.8 Å². The molecule has 1 N–H and O–H groups in total. The van der Waals surface area contributed by atoms with Crippen molar-refractivity contribution in [1.82, 2.24) is 5.32 Å². The zero-order chi connectivity index (χ0) is 13.6. The van der Waals surface area contributed by atoms with Gasteiger partial charge in [0.15, 0.2) is 0 Å². The van der Waals surface area contributed by atoms with Crippen LogP contribution in [0.1, 0.15) is 26.3 Å². The minimum Gasteiger partial charge on any atom is -0.497 e. The lowest BCUT2D eigenvalue weighted by Crippen LogP contribution is -2.35. The molecule has 0 aliphatic heterocycles. The smallest absolute Gasteiger partial charge is 0.148 e. The SMILES string of the molecule is C#CCOc1cc(OC)ccc1CNC(C)(C)C. The lowest BCUT2D eigenvalue weighted by atomic mass is 10.1. The molecule has 0 aliphatic carbocycles. The van der Waals surface area contributed by atoms with Crippen molar-refractivity contribution in [3.63, 3.8) is 0 Å². The lowest BCUT2D eigenvalue weighted by Gasteiger charge is -2.21. The summed E-state index contributed by atoms with van der Waals surface area (Å²) in [6.07, 6.45) is 5.22. The Labute approximate surface area is 109 Å². The second kappa shape index (κ2) is 6.32. The van der Waals surface area contributed by atoms with Crippen molar-refractivity contribution in [1.29, 1.82) is 0 Å². The molecule has 0 aliphatic rings. The van der Waals surface area contributed by atoms with Gasteiger partial charge in [0.25, 0.3) is 0 Å². The molecule has 0 spiro atoms. The van der Waals surface area contributed by atoms with E-state index in [0.717, 1.165) is 23.6 Å². The van der Waals surface area contributed by atoms with Gasteiger partial charge in [0.05, 0.1) is 7.11 Å². The minimum atomic E-state index is 0.0588. The number of hydrogen-bond acceptors (Lipinski definition) is 3. The molecule has 0 fully saturated rings. The maximum absolute atomic E-state index is 5.54. The summed E-state index contributed by atoms with van der Waals surface area (Å²) in [5, 5.41) is 3.42. The molecule has 3 heteroatoms. The first-order valence-electron chi connectivity index (χ1n) is 5.94. The molecule has 0 atom stereocenters. The molecule has 98 valence electrons. The zero-order valence-electron chi connectivity index (χ0n) is 11.5. The van der Waals surface area contributed by atoms with Crippen LogP contribution in [0.3, 0.4) is 0 Å². The fourth-order valence-electron chi connectivity index (χ4n) is 1.42. The molecule has 0 radical (unpaired) electrons. The molecule has 0 heterocycles. The summed E-state index contributed by atoms with van der Waals surface area (Å²) in [5.41, 5.74) is 1.13. The van der Waals surface area contributed by atoms with Crippen molar-refractivity contribution in [2.75, 3.05) is 13.7 Å². The molecule has 0 saturated carbocycles. The van der Waals surface area contributed by atoms with Gasteiger partial charge in [-0.25, -0.2) is 0 Å². The lowest BCUT2D eigenvalue weighted by molar-refractivity contribution is 0.353. The zero-order valence-corrected chi connectivity index (χ0v) is 11.5. The third-order valence-corrected chi connectivity index (χ3v) is 2.39. The predicted molar refractivity (Wildman–Crippen MR) is 73.9 cm³/mol. The highest BCUT2D eigenvalue weighted by molar-refractivity contribution is 5.41. The summed E-state index contributed by atoms with van der Waals surface area (Å²) in [5.74, 6) is 4.00. The highest BCUT2D eigenvalue weighted by atomic mass is 16.5. The van der Waals surface area contributed by atoms with Crippen molar-refractivity contribution in [3.05, 3.63) is 23.8 Å². The molecule has 0 saturated heterocycles. The molecule has 1 aromatic rings. The molecule has 18 heavy (non-hydrogen) atoms. The first kappa shape index (κ1) is 14.4. The second-order valence-corrected chi connectivity index (χ2v) is 5.07. The van der Waals surface area contributed by atoms with E-state index in [4.69, 9.17) is 15.9 Å². The molecule has 0 aromatic heterocycles. The first-order chi connectivity index (χ1) is 8.46. The number of ether oxygens (including phenoxy) is 2. The molecule has 3 nitrogen and oxygen atoms in total. The monoisotopic (exact) mass is 247 g/mol. The summed E-state index contributed by atoms with van der Waals surface area (Å²) in [7, 11) is 1.63. The van der Waals surface area contributed by atoms with Gasteiger partial charge in [0.1, 0.15) is 18.1 Å². The van der Waals surface area contributed by atoms with Gasteiger partial charge in [-0.1, -0.05) is 12.0 Å². The average molecular weight is 247 g/mol. The van der Waals surface area contributed by atoms with Gasteiger partial charge >= 0.3 is 0 Å². The Hall–Kier alpha value is -1.66. The second-order valence-electron chi connectivity index (χ2n) is 5.07. The van der Waals surface area contributed by atoms with E-state index in [9.17, 15) is 0 Å². The molecule has 0 amide bonds. The van der Waals surface area contributed by atoms with Crippen LogP contribution in [0.2, 0.25) is 0 Å². The van der Waals surface area contributed by atoms with Gasteiger partial charge in [-0.05, 0) is 26.8 Å². The number of nitrogens with one attached hydrogen (secondary N) is 1. The largest absolute Gasteiger partial charge is 0.497 e. The number of terminal acetylenes is 1. The predicted octanol–water partition coefficient (Wildman–Crippen LogP) is 2.60. The highest BCUT2D eigenvalue weighted by Gasteiger charge is 2.11. The van der Waals surface area contributed by atoms with Crippen LogP contribution in [0.5, 0.6) is 11.5 Å². The van der Waals surface area contributed by atoms with Gasteiger partial charge in [-0.3, -0.25) is 0 Å². The molecule has 0 bridgehead atoms. The third kappa shape index (κ3) is 4.68. The van der Waals surface area contributed by atoms with Crippen molar-refractivity contribution in [2.24, 2.45) is 0 Å². The molecular formula is C15H21NO2. The topological polar surface area (TPSA) is 30.5 Å². The van der Waals surface area contributed by atoms with Crippen LogP contribution < -0.4 is 14.8 Å². The van der Waals surface area contributed by atoms with Crippen LogP contribution in [0, 0.1) is 12.3 Å². The van der Waals surface area contributed by atoms with E-state index in [-0.39, 0.29) is 12.1 Å². The summed E-state index contributed by atoms with van der Waals surface area (Å²) in [6, 6.07) is 5.77. The van der Waals surface area contributed by atoms with Crippen LogP contribution >= 0.6 is 0 Å². The summed E-state index contributed by atoms with van der Waals surface area (Å²) in [6.45, 7) is 7.36. The minimum absolute atomic E-state index is 0.0588. The summed E-state index contributed by atoms with van der Waals surface area (Å²) in [4.78, 5) is 0. The Morgan fingerprint density at radius 3 is 2.61 bits per heavy atom. The highest BCUT2D eigenvalue weighted by Crippen LogP contribution is 2.25. The van der Waals surface area contributed by atoms with Crippen molar-refractivity contribution < 1.29 is 9.47 Å². The number of rotatable bonds is 5. The van der Waals surface area contributed by atoms with Crippen molar-refractivity contribution in [2.45, 2.75) is 32.9 Å². The van der Waals surface area contributed by atoms with Crippen LogP contribution in [0.25, 0.3) is 0 Å². The molecular weight excluding hydrogens is 226 g/mol. The fraction of sp³-hybridized carbons (Fsp3) is 0.467. The van der Waals surface area contributed by atoms with E-state index in [1.807, 2.05) is 18.2 Å². The van der Waals surface area contributed by atoms with Crippen LogP contribution in [-0.4, -0.2) is 19.3 Å². The van der Waals surface area contributed by atoms with Crippen LogP contribution in [-0.2, 0) is 6.54 Å². The number of methoxy groups -OCH3 is 1. The van der Waals surface area contributed by atoms with Crippen LogP contribution in [0.15, 0.2) is 18.2 Å². The van der Waals surface area contributed by atoms with E-state index < -0.39 is 0 Å². The first-order valence-corrected chi connectivity index (χ1v) is 5.94. The number of hydrogen-bond donors (Lipinski definition) is 1. The fourth-order valence-corrected chi connectivity index (χ4v) is 1.42. The van der Waals surface area contributed by atoms with Gasteiger partial charge < -0.3 is 14.8 Å². The van der Waals surface area contributed by atoms with E-state index in [1.165, 1.54) is 0 Å². The maximum atomic E-state index is 5.54. The van der Waals surface area contributed by atoms with E-state index in [0.29, 0.717) is 0 Å². The van der Waals surface area contributed by atoms with Crippen molar-refractivity contribution >= 4 is 0 Å². The quantitative estimate of drug-likeness (QED) is 0.811. The molecule has 1 rings (SSSR count). The average Bonchev–Trinajstić information content (AvgIpc) is 2.33. The molecule has 0 unspecified atom stereocenters. The summed E-state index contributed by atoms with van der Waals surface area (Å²) < 4.78 is 10.7. The Morgan fingerprint density at radius 1 is 1.33 bits per heavy atom. The van der Waals surface area contributed by atoms with Crippen LogP contribution in [0.4, 0.5) is 0 Å². The third-order valence-electron chi connectivity index (χ3n) is 2.39.